The molecule has 0 atom stereocenters. The van der Waals surface area contributed by atoms with Crippen LogP contribution in [0.25, 0.3) is 0 Å². The van der Waals surface area contributed by atoms with Gasteiger partial charge in [-0.15, -0.1) is 0 Å². The lowest BCUT2D eigenvalue weighted by molar-refractivity contribution is 0.415. The van der Waals surface area contributed by atoms with Gasteiger partial charge in [0, 0.05) is 11.4 Å². The molecule has 2 heterocycles. The van der Waals surface area contributed by atoms with Crippen molar-refractivity contribution in [3.63, 3.8) is 0 Å². The van der Waals surface area contributed by atoms with Gasteiger partial charge in [0.15, 0.2) is 0 Å². The second-order valence-corrected chi connectivity index (χ2v) is 2.84. The fourth-order valence-corrected chi connectivity index (χ4v) is 0.973. The van der Waals surface area contributed by atoms with Crippen molar-refractivity contribution < 1.29 is 4.74 Å². The number of aryl methyl sites for hydroxylation is 2. The Morgan fingerprint density at radius 1 is 1.00 bits per heavy atom. The largest absolute Gasteiger partial charge is 0.391 e. The lowest BCUT2D eigenvalue weighted by atomic mass is 10.6. The first-order chi connectivity index (χ1) is 6.24. The van der Waals surface area contributed by atoms with Crippen molar-refractivity contribution in [3.8, 4) is 12.0 Å². The summed E-state index contributed by atoms with van der Waals surface area (Å²) in [5.41, 5.74) is 1.91. The second kappa shape index (κ2) is 2.93. The first kappa shape index (κ1) is 7.85. The first-order valence-corrected chi connectivity index (χ1v) is 3.95. The predicted molar refractivity (Wildman–Crippen MR) is 46.7 cm³/mol. The number of nitrogens with zero attached hydrogens (tertiary/aromatic N) is 2. The van der Waals surface area contributed by atoms with Crippen LogP contribution in [0.5, 0.6) is 12.0 Å². The van der Waals surface area contributed by atoms with E-state index < -0.39 is 0 Å². The standard InChI is InChI=1S/C8H10N4O/c1-5-3-9-7(11-5)13-8-10-4-6(2)12-8/h3-4H,1-2H3,(H,9,11)(H,10,12). The van der Waals surface area contributed by atoms with E-state index in [0.29, 0.717) is 12.0 Å². The van der Waals surface area contributed by atoms with Crippen molar-refractivity contribution in [1.29, 1.82) is 0 Å². The molecule has 0 fully saturated rings. The third-order valence-electron chi connectivity index (χ3n) is 1.55. The number of aromatic nitrogens is 4. The Morgan fingerprint density at radius 3 is 1.77 bits per heavy atom. The van der Waals surface area contributed by atoms with Gasteiger partial charge in [0.05, 0.1) is 12.4 Å². The smallest absolute Gasteiger partial charge is 0.301 e. The van der Waals surface area contributed by atoms with Crippen molar-refractivity contribution >= 4 is 0 Å². The van der Waals surface area contributed by atoms with E-state index >= 15 is 0 Å². The van der Waals surface area contributed by atoms with E-state index in [1.807, 2.05) is 13.8 Å². The van der Waals surface area contributed by atoms with Crippen LogP contribution in [0, 0.1) is 13.8 Å². The molecule has 68 valence electrons. The highest BCUT2D eigenvalue weighted by Gasteiger charge is 2.02. The minimum atomic E-state index is 0.451. The normalized spacial score (nSPS) is 10.3. The third kappa shape index (κ3) is 1.69. The molecule has 0 unspecified atom stereocenters. The van der Waals surface area contributed by atoms with E-state index in [-0.39, 0.29) is 0 Å². The van der Waals surface area contributed by atoms with Crippen LogP contribution < -0.4 is 4.74 Å². The number of ether oxygens (including phenoxy) is 1. The Morgan fingerprint density at radius 2 is 1.46 bits per heavy atom. The molecule has 0 amide bonds. The molecule has 2 aromatic heterocycles. The van der Waals surface area contributed by atoms with Gasteiger partial charge in [0.2, 0.25) is 0 Å². The molecule has 0 radical (unpaired) electrons. The average molecular weight is 178 g/mol. The van der Waals surface area contributed by atoms with Crippen molar-refractivity contribution in [2.45, 2.75) is 13.8 Å². The van der Waals surface area contributed by atoms with Gasteiger partial charge in [-0.25, -0.2) is 9.97 Å². The molecule has 0 spiro atoms. The fraction of sp³-hybridized carbons (Fsp3) is 0.250. The van der Waals surface area contributed by atoms with Gasteiger partial charge in [-0.3, -0.25) is 0 Å². The number of hydrogen-bond donors (Lipinski definition) is 2. The summed E-state index contributed by atoms with van der Waals surface area (Å²) in [6.07, 6.45) is 3.40. The van der Waals surface area contributed by atoms with Gasteiger partial charge < -0.3 is 14.7 Å². The van der Waals surface area contributed by atoms with Gasteiger partial charge in [-0.05, 0) is 13.8 Å². The molecule has 2 aromatic rings. The monoisotopic (exact) mass is 178 g/mol. The van der Waals surface area contributed by atoms with Crippen LogP contribution in [-0.4, -0.2) is 19.9 Å². The van der Waals surface area contributed by atoms with Crippen LogP contribution in [0.1, 0.15) is 11.4 Å². The maximum absolute atomic E-state index is 5.29. The molecule has 0 bridgehead atoms. The summed E-state index contributed by atoms with van der Waals surface area (Å²) in [4.78, 5) is 13.8. The Labute approximate surface area is 75.2 Å². The minimum Gasteiger partial charge on any atom is -0.391 e. The summed E-state index contributed by atoms with van der Waals surface area (Å²) in [6.45, 7) is 3.82. The highest BCUT2D eigenvalue weighted by molar-refractivity contribution is 5.10. The number of aromatic amines is 2. The Hall–Kier alpha value is -1.78. The maximum Gasteiger partial charge on any atom is 0.301 e. The van der Waals surface area contributed by atoms with Gasteiger partial charge in [-0.2, -0.15) is 0 Å². The Balaban J connectivity index is 2.14. The summed E-state index contributed by atoms with van der Waals surface area (Å²) in [6, 6.07) is 0.902. The Kier molecular flexibility index (Phi) is 1.77. The topological polar surface area (TPSA) is 66.6 Å². The molecule has 5 nitrogen and oxygen atoms in total. The van der Waals surface area contributed by atoms with E-state index in [1.54, 1.807) is 12.4 Å². The molecule has 0 aliphatic carbocycles. The molecule has 0 aromatic carbocycles. The lowest BCUT2D eigenvalue weighted by Gasteiger charge is -1.94. The number of H-pyrrole nitrogens is 2. The minimum absolute atomic E-state index is 0.451. The zero-order valence-electron chi connectivity index (χ0n) is 7.46. The summed E-state index contributed by atoms with van der Waals surface area (Å²) in [5, 5.41) is 0. The molecule has 0 aliphatic heterocycles. The molecular formula is C8H10N4O. The van der Waals surface area contributed by atoms with E-state index in [2.05, 4.69) is 19.9 Å². The quantitative estimate of drug-likeness (QED) is 0.733. The molecular weight excluding hydrogens is 168 g/mol. The second-order valence-electron chi connectivity index (χ2n) is 2.84. The van der Waals surface area contributed by atoms with E-state index in [1.165, 1.54) is 0 Å². The highest BCUT2D eigenvalue weighted by atomic mass is 16.5. The molecule has 0 saturated heterocycles. The highest BCUT2D eigenvalue weighted by Crippen LogP contribution is 2.13. The van der Waals surface area contributed by atoms with Crippen molar-refractivity contribution in [2.75, 3.05) is 0 Å². The molecule has 2 N–H and O–H groups in total. The summed E-state index contributed by atoms with van der Waals surface area (Å²) in [5.74, 6) is 0. The van der Waals surface area contributed by atoms with Crippen LogP contribution >= 0.6 is 0 Å². The summed E-state index contributed by atoms with van der Waals surface area (Å²) in [7, 11) is 0. The molecule has 0 saturated carbocycles. The average Bonchev–Trinajstić information content (AvgIpc) is 2.62. The fourth-order valence-electron chi connectivity index (χ4n) is 0.973. The lowest BCUT2D eigenvalue weighted by Crippen LogP contribution is -1.87. The van der Waals surface area contributed by atoms with Gasteiger partial charge in [0.1, 0.15) is 0 Å². The first-order valence-electron chi connectivity index (χ1n) is 3.95. The zero-order valence-corrected chi connectivity index (χ0v) is 7.46. The van der Waals surface area contributed by atoms with Crippen molar-refractivity contribution in [3.05, 3.63) is 23.8 Å². The van der Waals surface area contributed by atoms with E-state index in [9.17, 15) is 0 Å². The van der Waals surface area contributed by atoms with Gasteiger partial charge in [0.25, 0.3) is 0 Å². The predicted octanol–water partition coefficient (Wildman–Crippen LogP) is 1.54. The summed E-state index contributed by atoms with van der Waals surface area (Å²) >= 11 is 0. The van der Waals surface area contributed by atoms with E-state index in [4.69, 9.17) is 4.74 Å². The number of imidazole rings is 2. The van der Waals surface area contributed by atoms with Crippen LogP contribution in [0.15, 0.2) is 12.4 Å². The number of rotatable bonds is 2. The molecule has 2 rings (SSSR count). The van der Waals surface area contributed by atoms with Gasteiger partial charge in [-0.1, -0.05) is 0 Å². The molecule has 5 heteroatoms. The van der Waals surface area contributed by atoms with Crippen molar-refractivity contribution in [2.24, 2.45) is 0 Å². The molecule has 13 heavy (non-hydrogen) atoms. The van der Waals surface area contributed by atoms with E-state index in [0.717, 1.165) is 11.4 Å². The number of hydrogen-bond acceptors (Lipinski definition) is 3. The molecule has 0 aliphatic rings. The van der Waals surface area contributed by atoms with Crippen LogP contribution in [0.3, 0.4) is 0 Å². The third-order valence-corrected chi connectivity index (χ3v) is 1.55. The Bertz CT molecular complexity index is 365. The van der Waals surface area contributed by atoms with Crippen LogP contribution in [0.4, 0.5) is 0 Å². The maximum atomic E-state index is 5.29. The van der Waals surface area contributed by atoms with Gasteiger partial charge >= 0.3 is 12.0 Å². The van der Waals surface area contributed by atoms with Crippen molar-refractivity contribution in [1.82, 2.24) is 19.9 Å². The SMILES string of the molecule is Cc1cnc(Oc2ncc(C)[nH]2)[nH]1. The zero-order chi connectivity index (χ0) is 9.26. The van der Waals surface area contributed by atoms with Crippen LogP contribution in [-0.2, 0) is 0 Å². The van der Waals surface area contributed by atoms with Crippen LogP contribution in [0.2, 0.25) is 0 Å². The number of nitrogens with one attached hydrogen (secondary N) is 2. The summed E-state index contributed by atoms with van der Waals surface area (Å²) < 4.78 is 5.29.